The highest BCUT2D eigenvalue weighted by Crippen LogP contribution is 2.30. The predicted molar refractivity (Wildman–Crippen MR) is 126 cm³/mol. The predicted octanol–water partition coefficient (Wildman–Crippen LogP) is 4.96. The Balaban J connectivity index is 1.47. The van der Waals surface area contributed by atoms with Crippen molar-refractivity contribution in [2.75, 3.05) is 24.2 Å². The average molecular weight is 476 g/mol. The maximum absolute atomic E-state index is 12.5. The average Bonchev–Trinajstić information content (AvgIpc) is 3.41. The number of amides is 1. The number of thioether (sulfide) groups is 1. The van der Waals surface area contributed by atoms with Crippen LogP contribution in [0.4, 0.5) is 5.69 Å². The number of nitrogens with zero attached hydrogens (tertiary/aromatic N) is 4. The lowest BCUT2D eigenvalue weighted by Crippen LogP contribution is -2.22. The van der Waals surface area contributed by atoms with E-state index in [0.29, 0.717) is 22.3 Å². The van der Waals surface area contributed by atoms with Gasteiger partial charge in [0, 0.05) is 0 Å². The topological polar surface area (TPSA) is 63.1 Å². The number of hydrogen-bond donors (Lipinski definition) is 1. The van der Waals surface area contributed by atoms with Crippen LogP contribution in [0.3, 0.4) is 0 Å². The molecule has 1 fully saturated rings. The summed E-state index contributed by atoms with van der Waals surface area (Å²) in [4.78, 5) is 14.9. The van der Waals surface area contributed by atoms with Crippen LogP contribution in [0, 0.1) is 0 Å². The summed E-state index contributed by atoms with van der Waals surface area (Å²) in [5, 5.41) is 13.2. The highest BCUT2D eigenvalue weighted by Gasteiger charge is 2.19. The lowest BCUT2D eigenvalue weighted by molar-refractivity contribution is -0.113. The van der Waals surface area contributed by atoms with Gasteiger partial charge < -0.3 is 9.88 Å². The fourth-order valence-electron chi connectivity index (χ4n) is 3.53. The number of benzene rings is 2. The number of nitrogens with one attached hydrogen (secondary N) is 1. The van der Waals surface area contributed by atoms with E-state index in [1.54, 1.807) is 18.2 Å². The summed E-state index contributed by atoms with van der Waals surface area (Å²) in [6, 6.07) is 15.3. The zero-order valence-electron chi connectivity index (χ0n) is 16.9. The molecule has 2 aromatic carbocycles. The molecule has 0 atom stereocenters. The normalized spacial score (nSPS) is 14.1. The number of halogens is 2. The van der Waals surface area contributed by atoms with Crippen LogP contribution < -0.4 is 5.32 Å². The molecule has 1 aliphatic heterocycles. The van der Waals surface area contributed by atoms with Crippen LogP contribution in [0.1, 0.15) is 24.2 Å². The molecule has 1 amide bonds. The first-order chi connectivity index (χ1) is 15.1. The summed E-state index contributed by atoms with van der Waals surface area (Å²) in [6.07, 6.45) is 2.44. The van der Waals surface area contributed by atoms with Crippen molar-refractivity contribution in [2.45, 2.75) is 31.1 Å². The number of carbonyl (C=O) groups is 1. The monoisotopic (exact) mass is 475 g/mol. The van der Waals surface area contributed by atoms with Crippen LogP contribution in [0.2, 0.25) is 10.0 Å². The van der Waals surface area contributed by atoms with E-state index in [-0.39, 0.29) is 11.7 Å². The molecule has 1 aromatic heterocycles. The summed E-state index contributed by atoms with van der Waals surface area (Å²) in [5.74, 6) is 0.899. The molecule has 162 valence electrons. The lowest BCUT2D eigenvalue weighted by Gasteiger charge is -2.16. The van der Waals surface area contributed by atoms with Crippen LogP contribution in [0.25, 0.3) is 0 Å². The second kappa shape index (κ2) is 10.5. The van der Waals surface area contributed by atoms with Crippen LogP contribution in [-0.2, 0) is 17.9 Å². The molecule has 4 rings (SSSR count). The minimum Gasteiger partial charge on any atom is -0.323 e. The summed E-state index contributed by atoms with van der Waals surface area (Å²) in [6.45, 7) is 3.60. The number of anilines is 1. The molecule has 0 spiro atoms. The molecule has 0 radical (unpaired) electrons. The van der Waals surface area contributed by atoms with Crippen molar-refractivity contribution in [3.8, 4) is 0 Å². The second-order valence-electron chi connectivity index (χ2n) is 7.39. The molecule has 0 aliphatic carbocycles. The fourth-order valence-corrected chi connectivity index (χ4v) is 4.78. The van der Waals surface area contributed by atoms with Crippen LogP contribution in [-0.4, -0.2) is 44.4 Å². The molecule has 0 bridgehead atoms. The third kappa shape index (κ3) is 5.80. The van der Waals surface area contributed by atoms with Crippen molar-refractivity contribution in [1.29, 1.82) is 0 Å². The number of rotatable bonds is 8. The van der Waals surface area contributed by atoms with E-state index in [0.717, 1.165) is 30.6 Å². The van der Waals surface area contributed by atoms with Gasteiger partial charge in [-0.25, -0.2) is 0 Å². The first-order valence-corrected chi connectivity index (χ1v) is 11.9. The number of hydrogen-bond acceptors (Lipinski definition) is 5. The van der Waals surface area contributed by atoms with Crippen molar-refractivity contribution in [3.63, 3.8) is 0 Å². The number of likely N-dealkylation sites (tertiary alicyclic amines) is 1. The molecule has 6 nitrogen and oxygen atoms in total. The molecular formula is C22H23Cl2N5OS. The third-order valence-corrected chi connectivity index (χ3v) is 6.70. The largest absolute Gasteiger partial charge is 0.323 e. The van der Waals surface area contributed by atoms with Crippen LogP contribution in [0.5, 0.6) is 0 Å². The SMILES string of the molecule is O=C(CSc1nnc(CN2CCCC2)n1Cc1ccccc1)Nc1c(Cl)cccc1Cl. The number of aromatic nitrogens is 3. The van der Waals surface area contributed by atoms with Crippen molar-refractivity contribution < 1.29 is 4.79 Å². The van der Waals surface area contributed by atoms with Crippen LogP contribution >= 0.6 is 35.0 Å². The molecule has 0 saturated carbocycles. The highest BCUT2D eigenvalue weighted by atomic mass is 35.5. The van der Waals surface area contributed by atoms with Gasteiger partial charge in [0.1, 0.15) is 5.82 Å². The molecular weight excluding hydrogens is 453 g/mol. The number of carbonyl (C=O) groups excluding carboxylic acids is 1. The van der Waals surface area contributed by atoms with Crippen molar-refractivity contribution in [2.24, 2.45) is 0 Å². The number of para-hydroxylation sites is 1. The Kier molecular flexibility index (Phi) is 7.50. The fraction of sp³-hybridized carbons (Fsp3) is 0.318. The van der Waals surface area contributed by atoms with E-state index >= 15 is 0 Å². The van der Waals surface area contributed by atoms with Gasteiger partial charge in [-0.15, -0.1) is 10.2 Å². The summed E-state index contributed by atoms with van der Waals surface area (Å²) >= 11 is 13.7. The summed E-state index contributed by atoms with van der Waals surface area (Å²) in [5.41, 5.74) is 1.59. The third-order valence-electron chi connectivity index (χ3n) is 5.10. The van der Waals surface area contributed by atoms with Gasteiger partial charge in [0.15, 0.2) is 5.16 Å². The zero-order valence-corrected chi connectivity index (χ0v) is 19.3. The van der Waals surface area contributed by atoms with Crippen molar-refractivity contribution >= 4 is 46.6 Å². The Morgan fingerprint density at radius 3 is 2.39 bits per heavy atom. The van der Waals surface area contributed by atoms with Gasteiger partial charge in [-0.1, -0.05) is 71.4 Å². The minimum absolute atomic E-state index is 0.179. The Hall–Kier alpha value is -2.06. The van der Waals surface area contributed by atoms with Gasteiger partial charge in [-0.05, 0) is 43.6 Å². The van der Waals surface area contributed by atoms with Gasteiger partial charge in [-0.2, -0.15) is 0 Å². The molecule has 2 heterocycles. The maximum Gasteiger partial charge on any atom is 0.234 e. The van der Waals surface area contributed by atoms with Gasteiger partial charge in [0.05, 0.1) is 34.6 Å². The molecule has 1 saturated heterocycles. The standard InChI is InChI=1S/C22H23Cl2N5OS/c23-17-9-6-10-18(24)21(17)25-20(30)15-31-22-27-26-19(14-28-11-4-5-12-28)29(22)13-16-7-2-1-3-8-16/h1-3,6-10H,4-5,11-15H2,(H,25,30). The summed E-state index contributed by atoms with van der Waals surface area (Å²) in [7, 11) is 0. The molecule has 31 heavy (non-hydrogen) atoms. The van der Waals surface area contributed by atoms with E-state index < -0.39 is 0 Å². The van der Waals surface area contributed by atoms with Crippen molar-refractivity contribution in [3.05, 3.63) is 70.0 Å². The van der Waals surface area contributed by atoms with Gasteiger partial charge in [-0.3, -0.25) is 9.69 Å². The Morgan fingerprint density at radius 1 is 0.968 bits per heavy atom. The van der Waals surface area contributed by atoms with Crippen molar-refractivity contribution in [1.82, 2.24) is 19.7 Å². The highest BCUT2D eigenvalue weighted by molar-refractivity contribution is 7.99. The summed E-state index contributed by atoms with van der Waals surface area (Å²) < 4.78 is 2.11. The van der Waals surface area contributed by atoms with E-state index in [4.69, 9.17) is 23.2 Å². The van der Waals surface area contributed by atoms with E-state index in [9.17, 15) is 4.79 Å². The first-order valence-electron chi connectivity index (χ1n) is 10.1. The van der Waals surface area contributed by atoms with Gasteiger partial charge in [0.2, 0.25) is 5.91 Å². The smallest absolute Gasteiger partial charge is 0.234 e. The molecule has 1 N–H and O–H groups in total. The van der Waals surface area contributed by atoms with Crippen LogP contribution in [0.15, 0.2) is 53.7 Å². The first kappa shape index (κ1) is 22.1. The van der Waals surface area contributed by atoms with Gasteiger partial charge >= 0.3 is 0 Å². The van der Waals surface area contributed by atoms with Gasteiger partial charge in [0.25, 0.3) is 0 Å². The molecule has 0 unspecified atom stereocenters. The second-order valence-corrected chi connectivity index (χ2v) is 9.14. The zero-order chi connectivity index (χ0) is 21.6. The van der Waals surface area contributed by atoms with E-state index in [2.05, 4.69) is 37.1 Å². The minimum atomic E-state index is -0.199. The Bertz CT molecular complexity index is 1020. The van der Waals surface area contributed by atoms with E-state index in [1.807, 2.05) is 18.2 Å². The van der Waals surface area contributed by atoms with E-state index in [1.165, 1.54) is 30.2 Å². The maximum atomic E-state index is 12.5. The Morgan fingerprint density at radius 2 is 1.68 bits per heavy atom. The quantitative estimate of drug-likeness (QED) is 0.466. The lowest BCUT2D eigenvalue weighted by atomic mass is 10.2. The molecule has 3 aromatic rings. The Labute approximate surface area is 195 Å². The molecule has 1 aliphatic rings. The molecule has 9 heteroatoms.